The van der Waals surface area contributed by atoms with E-state index in [0.29, 0.717) is 0 Å². The monoisotopic (exact) mass is 152 g/mol. The maximum atomic E-state index is 5.50. The lowest BCUT2D eigenvalue weighted by Crippen LogP contribution is -2.11. The summed E-state index contributed by atoms with van der Waals surface area (Å²) >= 11 is 0. The van der Waals surface area contributed by atoms with E-state index in [1.807, 2.05) is 13.1 Å². The van der Waals surface area contributed by atoms with Crippen LogP contribution in [0.25, 0.3) is 0 Å². The van der Waals surface area contributed by atoms with E-state index in [2.05, 4.69) is 11.9 Å². The minimum atomic E-state index is -0.0594. The van der Waals surface area contributed by atoms with Crippen molar-refractivity contribution >= 4 is 6.21 Å². The second-order valence-corrected chi connectivity index (χ2v) is 3.18. The second-order valence-electron chi connectivity index (χ2n) is 3.18. The maximum Gasteiger partial charge on any atom is 0.0940 e. The van der Waals surface area contributed by atoms with E-state index < -0.39 is 0 Å². The summed E-state index contributed by atoms with van der Waals surface area (Å²) < 4.78 is 0. The summed E-state index contributed by atoms with van der Waals surface area (Å²) in [7, 11) is 0. The minimum Gasteiger partial charge on any atom is -0.310 e. The Kier molecular flexibility index (Phi) is 2.83. The van der Waals surface area contributed by atoms with Crippen LogP contribution in [0.15, 0.2) is 16.1 Å². The van der Waals surface area contributed by atoms with Gasteiger partial charge >= 0.3 is 0 Å². The zero-order valence-electron chi connectivity index (χ0n) is 7.30. The predicted molar refractivity (Wildman–Crippen MR) is 48.7 cm³/mol. The largest absolute Gasteiger partial charge is 0.310 e. The molecule has 0 aromatic rings. The molecule has 62 valence electrons. The molecule has 11 heavy (non-hydrogen) atoms. The van der Waals surface area contributed by atoms with Gasteiger partial charge in [-0.15, -0.1) is 0 Å². The minimum absolute atomic E-state index is 0.0594. The molecule has 0 fully saturated rings. The topological polar surface area (TPSA) is 38.4 Å². The Morgan fingerprint density at radius 2 is 2.27 bits per heavy atom. The van der Waals surface area contributed by atoms with Gasteiger partial charge in [0.25, 0.3) is 0 Å². The molecule has 0 heterocycles. The molecular weight excluding hydrogens is 136 g/mol. The molecular formula is C9H16N2. The van der Waals surface area contributed by atoms with Gasteiger partial charge in [-0.1, -0.05) is 5.57 Å². The van der Waals surface area contributed by atoms with Gasteiger partial charge in [-0.25, -0.2) is 0 Å². The maximum absolute atomic E-state index is 5.50. The van der Waals surface area contributed by atoms with Crippen LogP contribution in [0.2, 0.25) is 0 Å². The average molecular weight is 152 g/mol. The first-order chi connectivity index (χ1) is 5.20. The molecule has 0 aliphatic heterocycles. The Bertz CT molecular complexity index is 190. The molecule has 2 heteroatoms. The van der Waals surface area contributed by atoms with Crippen molar-refractivity contribution in [2.24, 2.45) is 10.7 Å². The molecule has 2 N–H and O–H groups in total. The van der Waals surface area contributed by atoms with Crippen LogP contribution < -0.4 is 5.73 Å². The lowest BCUT2D eigenvalue weighted by Gasteiger charge is -1.97. The van der Waals surface area contributed by atoms with Crippen molar-refractivity contribution < 1.29 is 0 Å². The molecule has 1 aliphatic rings. The summed E-state index contributed by atoms with van der Waals surface area (Å²) in [5, 5.41) is 0. The van der Waals surface area contributed by atoms with Gasteiger partial charge < -0.3 is 5.73 Å². The third-order valence-corrected chi connectivity index (χ3v) is 2.01. The van der Waals surface area contributed by atoms with Gasteiger partial charge in [0.2, 0.25) is 0 Å². The third-order valence-electron chi connectivity index (χ3n) is 2.01. The van der Waals surface area contributed by atoms with E-state index in [4.69, 9.17) is 5.73 Å². The molecule has 0 radical (unpaired) electrons. The van der Waals surface area contributed by atoms with Crippen LogP contribution in [0.5, 0.6) is 0 Å². The summed E-state index contributed by atoms with van der Waals surface area (Å²) in [5.41, 5.74) is 8.37. The van der Waals surface area contributed by atoms with Crippen LogP contribution in [-0.4, -0.2) is 12.4 Å². The van der Waals surface area contributed by atoms with Crippen LogP contribution in [-0.2, 0) is 0 Å². The molecule has 1 atom stereocenters. The van der Waals surface area contributed by atoms with Crippen molar-refractivity contribution in [2.45, 2.75) is 39.3 Å². The van der Waals surface area contributed by atoms with Gasteiger partial charge in [0, 0.05) is 6.21 Å². The first kappa shape index (κ1) is 8.47. The van der Waals surface area contributed by atoms with Crippen LogP contribution in [0.4, 0.5) is 0 Å². The Morgan fingerprint density at radius 1 is 1.55 bits per heavy atom. The molecule has 1 rings (SSSR count). The Hall–Kier alpha value is -0.630. The SMILES string of the molecule is CC1=C(C=NC(C)N)CCC1. The van der Waals surface area contributed by atoms with E-state index in [1.165, 1.54) is 30.4 Å². The molecule has 0 amide bonds. The van der Waals surface area contributed by atoms with E-state index in [0.717, 1.165) is 0 Å². The number of nitrogens with zero attached hydrogens (tertiary/aromatic N) is 1. The van der Waals surface area contributed by atoms with E-state index in [-0.39, 0.29) is 6.17 Å². The summed E-state index contributed by atoms with van der Waals surface area (Å²) in [4.78, 5) is 4.15. The first-order valence-corrected chi connectivity index (χ1v) is 4.17. The molecule has 0 saturated carbocycles. The highest BCUT2D eigenvalue weighted by atomic mass is 14.9. The number of allylic oxidation sites excluding steroid dienone is 2. The first-order valence-electron chi connectivity index (χ1n) is 4.17. The molecule has 0 bridgehead atoms. The highest BCUT2D eigenvalue weighted by molar-refractivity contribution is 5.80. The van der Waals surface area contributed by atoms with E-state index in [9.17, 15) is 0 Å². The van der Waals surface area contributed by atoms with Gasteiger partial charge in [-0.3, -0.25) is 4.99 Å². The van der Waals surface area contributed by atoms with E-state index in [1.54, 1.807) is 0 Å². The smallest absolute Gasteiger partial charge is 0.0940 e. The summed E-state index contributed by atoms with van der Waals surface area (Å²) in [5.74, 6) is 0. The van der Waals surface area contributed by atoms with Crippen molar-refractivity contribution in [1.82, 2.24) is 0 Å². The molecule has 0 aromatic heterocycles. The average Bonchev–Trinajstić information content (AvgIpc) is 2.31. The fraction of sp³-hybridized carbons (Fsp3) is 0.667. The number of aliphatic imine (C=N–C) groups is 1. The van der Waals surface area contributed by atoms with Crippen molar-refractivity contribution in [3.63, 3.8) is 0 Å². The Balaban J connectivity index is 2.54. The van der Waals surface area contributed by atoms with Crippen LogP contribution in [0, 0.1) is 0 Å². The number of hydrogen-bond acceptors (Lipinski definition) is 2. The van der Waals surface area contributed by atoms with Gasteiger partial charge in [0.1, 0.15) is 0 Å². The summed E-state index contributed by atoms with van der Waals surface area (Å²) in [6, 6.07) is 0. The standard InChI is InChI=1S/C9H16N2/c1-7-4-3-5-9(7)6-11-8(2)10/h6,8H,3-5,10H2,1-2H3. The zero-order chi connectivity index (χ0) is 8.27. The van der Waals surface area contributed by atoms with Crippen LogP contribution >= 0.6 is 0 Å². The highest BCUT2D eigenvalue weighted by Gasteiger charge is 2.07. The van der Waals surface area contributed by atoms with Gasteiger partial charge in [-0.2, -0.15) is 0 Å². The number of nitrogens with two attached hydrogens (primary N) is 1. The van der Waals surface area contributed by atoms with Gasteiger partial charge in [0.05, 0.1) is 6.17 Å². The van der Waals surface area contributed by atoms with Crippen molar-refractivity contribution in [3.8, 4) is 0 Å². The lowest BCUT2D eigenvalue weighted by molar-refractivity contribution is 0.795. The van der Waals surface area contributed by atoms with Crippen molar-refractivity contribution in [3.05, 3.63) is 11.1 Å². The molecule has 0 saturated heterocycles. The highest BCUT2D eigenvalue weighted by Crippen LogP contribution is 2.23. The summed E-state index contributed by atoms with van der Waals surface area (Å²) in [6.45, 7) is 4.07. The zero-order valence-corrected chi connectivity index (χ0v) is 7.30. The number of hydrogen-bond donors (Lipinski definition) is 1. The van der Waals surface area contributed by atoms with Gasteiger partial charge in [-0.05, 0) is 38.7 Å². The van der Waals surface area contributed by atoms with Crippen molar-refractivity contribution in [1.29, 1.82) is 0 Å². The number of rotatable bonds is 2. The van der Waals surface area contributed by atoms with Crippen molar-refractivity contribution in [2.75, 3.05) is 0 Å². The normalized spacial score (nSPS) is 21.7. The predicted octanol–water partition coefficient (Wildman–Crippen LogP) is 1.86. The summed E-state index contributed by atoms with van der Waals surface area (Å²) in [6.07, 6.45) is 5.58. The molecule has 1 unspecified atom stereocenters. The third kappa shape index (κ3) is 2.46. The van der Waals surface area contributed by atoms with Gasteiger partial charge in [0.15, 0.2) is 0 Å². The fourth-order valence-corrected chi connectivity index (χ4v) is 1.30. The fourth-order valence-electron chi connectivity index (χ4n) is 1.30. The molecule has 1 aliphatic carbocycles. The quantitative estimate of drug-likeness (QED) is 0.603. The Labute approximate surface area is 68.2 Å². The second kappa shape index (κ2) is 3.67. The van der Waals surface area contributed by atoms with E-state index >= 15 is 0 Å². The molecule has 0 aromatic carbocycles. The molecule has 0 spiro atoms. The van der Waals surface area contributed by atoms with Crippen LogP contribution in [0.3, 0.4) is 0 Å². The van der Waals surface area contributed by atoms with Crippen LogP contribution in [0.1, 0.15) is 33.1 Å². The lowest BCUT2D eigenvalue weighted by atomic mass is 10.2. The molecule has 2 nitrogen and oxygen atoms in total. The Morgan fingerprint density at radius 3 is 2.73 bits per heavy atom.